The van der Waals surface area contributed by atoms with E-state index in [1.807, 2.05) is 77.6 Å². The summed E-state index contributed by atoms with van der Waals surface area (Å²) in [7, 11) is 0. The maximum absolute atomic E-state index is 12.4. The summed E-state index contributed by atoms with van der Waals surface area (Å²) in [5.74, 6) is 0.0537. The van der Waals surface area contributed by atoms with E-state index < -0.39 is 0 Å². The number of hydrogen-bond acceptors (Lipinski definition) is 1. The van der Waals surface area contributed by atoms with Crippen molar-refractivity contribution in [2.24, 2.45) is 0 Å². The molecule has 0 bridgehead atoms. The summed E-state index contributed by atoms with van der Waals surface area (Å²) < 4.78 is 2.03. The lowest BCUT2D eigenvalue weighted by Gasteiger charge is -2.01. The number of aromatic nitrogens is 1. The fourth-order valence-electron chi connectivity index (χ4n) is 2.31. The van der Waals surface area contributed by atoms with E-state index in [0.29, 0.717) is 5.56 Å². The van der Waals surface area contributed by atoms with E-state index >= 15 is 0 Å². The molecule has 3 aromatic rings. The molecule has 0 fully saturated rings. The van der Waals surface area contributed by atoms with Gasteiger partial charge in [0.25, 0.3) is 0 Å². The van der Waals surface area contributed by atoms with Crippen molar-refractivity contribution < 1.29 is 26.3 Å². The van der Waals surface area contributed by atoms with Crippen molar-refractivity contribution >= 4 is 5.78 Å². The molecule has 0 unspecified atom stereocenters. The summed E-state index contributed by atoms with van der Waals surface area (Å²) in [5.41, 5.74) is 2.64. The van der Waals surface area contributed by atoms with Gasteiger partial charge in [-0.2, -0.15) is 0 Å². The molecule has 3 heteroatoms. The number of carbonyl (C=O) groups is 1. The Labute approximate surface area is 140 Å². The van der Waals surface area contributed by atoms with E-state index in [4.69, 9.17) is 0 Å². The average molecular weight is 354 g/mol. The molecule has 0 saturated carbocycles. The third-order valence-electron chi connectivity index (χ3n) is 3.36. The van der Waals surface area contributed by atoms with Crippen molar-refractivity contribution in [1.29, 1.82) is 0 Å². The minimum atomic E-state index is 0. The van der Waals surface area contributed by atoms with Gasteiger partial charge in [0.05, 0.1) is 5.56 Å². The number of benzene rings is 2. The van der Waals surface area contributed by atoms with Crippen LogP contribution in [0.3, 0.4) is 0 Å². The number of hydrogen-bond donors (Lipinski definition) is 0. The Morgan fingerprint density at radius 1 is 0.773 bits per heavy atom. The van der Waals surface area contributed by atoms with Gasteiger partial charge >= 0.3 is 0 Å². The second-order valence-electron chi connectivity index (χ2n) is 4.95. The SMILES string of the molecule is O=C(c1ccccc1)c1ccc[n+](Cc2ccccc2)c1.[Br-]. The van der Waals surface area contributed by atoms with Crippen LogP contribution in [0.5, 0.6) is 0 Å². The van der Waals surface area contributed by atoms with Crippen molar-refractivity contribution in [3.05, 3.63) is 102 Å². The van der Waals surface area contributed by atoms with E-state index in [0.717, 1.165) is 12.1 Å². The first kappa shape index (κ1) is 16.1. The summed E-state index contributed by atoms with van der Waals surface area (Å²) in [4.78, 5) is 12.4. The van der Waals surface area contributed by atoms with Crippen molar-refractivity contribution in [3.8, 4) is 0 Å². The molecule has 0 spiro atoms. The number of ketones is 1. The highest BCUT2D eigenvalue weighted by molar-refractivity contribution is 6.08. The standard InChI is InChI=1S/C19H16NO.BrH/c21-19(17-10-5-2-6-11-17)18-12-7-13-20(15-18)14-16-8-3-1-4-9-16;/h1-13,15H,14H2;1H/q+1;/p-1. The quantitative estimate of drug-likeness (QED) is 0.486. The van der Waals surface area contributed by atoms with Crippen LogP contribution in [0.2, 0.25) is 0 Å². The van der Waals surface area contributed by atoms with Crippen molar-refractivity contribution in [3.63, 3.8) is 0 Å². The Bertz CT molecular complexity index is 742. The highest BCUT2D eigenvalue weighted by Crippen LogP contribution is 2.07. The summed E-state index contributed by atoms with van der Waals surface area (Å²) >= 11 is 0. The van der Waals surface area contributed by atoms with Crippen LogP contribution in [0.1, 0.15) is 21.5 Å². The molecule has 1 heterocycles. The third kappa shape index (κ3) is 3.89. The van der Waals surface area contributed by atoms with Gasteiger partial charge in [-0.25, -0.2) is 4.57 Å². The maximum Gasteiger partial charge on any atom is 0.199 e. The van der Waals surface area contributed by atoms with Crippen LogP contribution in [-0.2, 0) is 6.54 Å². The maximum atomic E-state index is 12.4. The molecular weight excluding hydrogens is 338 g/mol. The zero-order chi connectivity index (χ0) is 14.5. The van der Waals surface area contributed by atoms with E-state index in [1.165, 1.54) is 5.56 Å². The smallest absolute Gasteiger partial charge is 0.199 e. The minimum Gasteiger partial charge on any atom is -1.00 e. The highest BCUT2D eigenvalue weighted by Gasteiger charge is 2.12. The van der Waals surface area contributed by atoms with Gasteiger partial charge < -0.3 is 17.0 Å². The molecule has 110 valence electrons. The van der Waals surface area contributed by atoms with Crippen molar-refractivity contribution in [2.75, 3.05) is 0 Å². The summed E-state index contributed by atoms with van der Waals surface area (Å²) in [5, 5.41) is 0. The monoisotopic (exact) mass is 353 g/mol. The molecule has 0 N–H and O–H groups in total. The molecule has 0 atom stereocenters. The first-order valence-corrected chi connectivity index (χ1v) is 6.96. The zero-order valence-corrected chi connectivity index (χ0v) is 13.6. The van der Waals surface area contributed by atoms with E-state index in [2.05, 4.69) is 12.1 Å². The van der Waals surface area contributed by atoms with Gasteiger partial charge in [-0.1, -0.05) is 60.7 Å². The lowest BCUT2D eigenvalue weighted by molar-refractivity contribution is -0.688. The number of pyridine rings is 1. The Kier molecular flexibility index (Phi) is 5.61. The van der Waals surface area contributed by atoms with E-state index in [9.17, 15) is 4.79 Å². The van der Waals surface area contributed by atoms with Crippen LogP contribution >= 0.6 is 0 Å². The largest absolute Gasteiger partial charge is 1.00 e. The van der Waals surface area contributed by atoms with Crippen LogP contribution in [-0.4, -0.2) is 5.78 Å². The minimum absolute atomic E-state index is 0. The highest BCUT2D eigenvalue weighted by atomic mass is 79.9. The van der Waals surface area contributed by atoms with Gasteiger partial charge in [-0.3, -0.25) is 4.79 Å². The number of carbonyl (C=O) groups excluding carboxylic acids is 1. The number of nitrogens with zero attached hydrogens (tertiary/aromatic N) is 1. The van der Waals surface area contributed by atoms with Crippen LogP contribution in [0.4, 0.5) is 0 Å². The topological polar surface area (TPSA) is 20.9 Å². The Morgan fingerprint density at radius 2 is 1.36 bits per heavy atom. The second-order valence-corrected chi connectivity index (χ2v) is 4.95. The van der Waals surface area contributed by atoms with Crippen LogP contribution < -0.4 is 21.5 Å². The number of rotatable bonds is 4. The predicted octanol–water partition coefficient (Wildman–Crippen LogP) is 0.257. The third-order valence-corrected chi connectivity index (χ3v) is 3.36. The molecule has 2 nitrogen and oxygen atoms in total. The molecule has 0 aliphatic heterocycles. The zero-order valence-electron chi connectivity index (χ0n) is 12.0. The lowest BCUT2D eigenvalue weighted by atomic mass is 10.1. The van der Waals surface area contributed by atoms with E-state index in [1.54, 1.807) is 0 Å². The van der Waals surface area contributed by atoms with Crippen LogP contribution in [0.15, 0.2) is 85.2 Å². The van der Waals surface area contributed by atoms with Gasteiger partial charge in [0.2, 0.25) is 0 Å². The van der Waals surface area contributed by atoms with Gasteiger partial charge in [0, 0.05) is 17.2 Å². The molecule has 22 heavy (non-hydrogen) atoms. The Balaban J connectivity index is 0.00000176. The summed E-state index contributed by atoms with van der Waals surface area (Å²) in [6, 6.07) is 23.4. The van der Waals surface area contributed by atoms with Gasteiger partial charge in [-0.05, 0) is 6.07 Å². The van der Waals surface area contributed by atoms with E-state index in [-0.39, 0.29) is 22.8 Å². The van der Waals surface area contributed by atoms with Crippen molar-refractivity contribution in [1.82, 2.24) is 0 Å². The molecule has 0 radical (unpaired) electrons. The molecule has 0 amide bonds. The van der Waals surface area contributed by atoms with Crippen LogP contribution in [0, 0.1) is 0 Å². The molecule has 3 rings (SSSR count). The second kappa shape index (κ2) is 7.66. The van der Waals surface area contributed by atoms with Gasteiger partial charge in [-0.15, -0.1) is 0 Å². The molecular formula is C19H16BrNO. The molecule has 0 aliphatic rings. The van der Waals surface area contributed by atoms with Gasteiger partial charge in [0.15, 0.2) is 24.7 Å². The Hall–Kier alpha value is -2.26. The fourth-order valence-corrected chi connectivity index (χ4v) is 2.31. The Morgan fingerprint density at radius 3 is 2.05 bits per heavy atom. The van der Waals surface area contributed by atoms with Crippen LogP contribution in [0.25, 0.3) is 0 Å². The summed E-state index contributed by atoms with van der Waals surface area (Å²) in [6.07, 6.45) is 3.89. The normalized spacial score (nSPS) is 9.82. The molecule has 1 aromatic heterocycles. The van der Waals surface area contributed by atoms with Gasteiger partial charge in [0.1, 0.15) is 0 Å². The van der Waals surface area contributed by atoms with Crippen molar-refractivity contribution in [2.45, 2.75) is 6.54 Å². The predicted molar refractivity (Wildman–Crippen MR) is 82.1 cm³/mol. The lowest BCUT2D eigenvalue weighted by Crippen LogP contribution is -3.00. The molecule has 0 saturated heterocycles. The average Bonchev–Trinajstić information content (AvgIpc) is 2.56. The first-order valence-electron chi connectivity index (χ1n) is 6.96. The first-order chi connectivity index (χ1) is 10.3. The number of halogens is 1. The molecule has 2 aromatic carbocycles. The molecule has 0 aliphatic carbocycles. The fraction of sp³-hybridized carbons (Fsp3) is 0.0526. The summed E-state index contributed by atoms with van der Waals surface area (Å²) in [6.45, 7) is 0.761.